The topological polar surface area (TPSA) is 148 Å². The van der Waals surface area contributed by atoms with Gasteiger partial charge in [-0.2, -0.15) is 0 Å². The number of rotatable bonds is 58. The van der Waals surface area contributed by atoms with Crippen LogP contribution < -0.4 is 5.32 Å². The first-order valence-electron chi connectivity index (χ1n) is 31.3. The minimum Gasteiger partial charge on any atom is -0.469 e. The van der Waals surface area contributed by atoms with Crippen LogP contribution in [0.3, 0.4) is 0 Å². The molecule has 0 aromatic rings. The van der Waals surface area contributed by atoms with E-state index in [4.69, 9.17) is 23.7 Å². The van der Waals surface area contributed by atoms with Gasteiger partial charge in [-0.1, -0.05) is 157 Å². The maximum atomic E-state index is 12.7. The van der Waals surface area contributed by atoms with Crippen molar-refractivity contribution in [1.29, 1.82) is 0 Å². The third-order valence-corrected chi connectivity index (χ3v) is 13.9. The zero-order valence-electron chi connectivity index (χ0n) is 50.2. The zero-order valence-corrected chi connectivity index (χ0v) is 50.2. The van der Waals surface area contributed by atoms with Crippen molar-refractivity contribution < 1.29 is 52.3 Å². The van der Waals surface area contributed by atoms with Crippen molar-refractivity contribution in [3.05, 3.63) is 0 Å². The van der Waals surface area contributed by atoms with Crippen LogP contribution in [-0.4, -0.2) is 129 Å². The Labute approximate surface area is 462 Å². The minimum atomic E-state index is -0.130. The SMILES string of the molecule is CCCCCC(=O)OC.CCCCCCCCC(CCCC)COC(=O)CCCCCN(CCCCCC(=O)OCC(CCCC)CCCCCC)CCCOCCOCCOCCCNCCCCCC(=O)OC. The molecule has 0 aliphatic heterocycles. The van der Waals surface area contributed by atoms with Crippen LogP contribution in [0.4, 0.5) is 0 Å². The summed E-state index contributed by atoms with van der Waals surface area (Å²) in [6.07, 6.45) is 38.5. The monoisotopic (exact) mass is 1070 g/mol. The lowest BCUT2D eigenvalue weighted by Crippen LogP contribution is -2.28. The molecule has 75 heavy (non-hydrogen) atoms. The van der Waals surface area contributed by atoms with E-state index in [1.807, 2.05) is 0 Å². The lowest BCUT2D eigenvalue weighted by Gasteiger charge is -2.22. The molecule has 0 aromatic heterocycles. The molecule has 446 valence electrons. The van der Waals surface area contributed by atoms with Crippen molar-refractivity contribution in [1.82, 2.24) is 10.2 Å². The molecule has 0 amide bonds. The van der Waals surface area contributed by atoms with E-state index < -0.39 is 0 Å². The van der Waals surface area contributed by atoms with Crippen LogP contribution in [0.5, 0.6) is 0 Å². The number of unbranched alkanes of at least 4 members (excludes halogenated alkanes) is 18. The Balaban J connectivity index is 0. The molecule has 13 heteroatoms. The third-order valence-electron chi connectivity index (χ3n) is 13.9. The van der Waals surface area contributed by atoms with Crippen LogP contribution in [0.2, 0.25) is 0 Å². The Kier molecular flexibility index (Phi) is 62.3. The number of nitrogens with one attached hydrogen (secondary N) is 1. The molecule has 0 aliphatic carbocycles. The number of nitrogens with zero attached hydrogens (tertiary/aromatic N) is 1. The number of hydrogen-bond donors (Lipinski definition) is 1. The molecule has 0 fully saturated rings. The van der Waals surface area contributed by atoms with Crippen LogP contribution in [-0.2, 0) is 52.3 Å². The molecule has 0 saturated heterocycles. The maximum absolute atomic E-state index is 12.7. The van der Waals surface area contributed by atoms with Crippen molar-refractivity contribution >= 4 is 23.9 Å². The van der Waals surface area contributed by atoms with Gasteiger partial charge in [0.15, 0.2) is 0 Å². The lowest BCUT2D eigenvalue weighted by molar-refractivity contribution is -0.146. The van der Waals surface area contributed by atoms with Gasteiger partial charge in [0.1, 0.15) is 0 Å². The predicted molar refractivity (Wildman–Crippen MR) is 309 cm³/mol. The second-order valence-electron chi connectivity index (χ2n) is 21.0. The Morgan fingerprint density at radius 3 is 1.16 bits per heavy atom. The number of esters is 4. The summed E-state index contributed by atoms with van der Waals surface area (Å²) in [5.41, 5.74) is 0. The molecule has 2 atom stereocenters. The van der Waals surface area contributed by atoms with E-state index in [2.05, 4.69) is 54.3 Å². The number of hydrogen-bond acceptors (Lipinski definition) is 13. The van der Waals surface area contributed by atoms with Crippen molar-refractivity contribution in [2.45, 2.75) is 266 Å². The Hall–Kier alpha value is -2.32. The molecule has 0 bridgehead atoms. The highest BCUT2D eigenvalue weighted by molar-refractivity contribution is 5.70. The minimum absolute atomic E-state index is 0.0338. The van der Waals surface area contributed by atoms with Crippen LogP contribution in [0.25, 0.3) is 0 Å². The lowest BCUT2D eigenvalue weighted by atomic mass is 9.96. The van der Waals surface area contributed by atoms with Gasteiger partial charge in [-0.15, -0.1) is 0 Å². The molecule has 13 nitrogen and oxygen atoms in total. The van der Waals surface area contributed by atoms with Crippen LogP contribution >= 0.6 is 0 Å². The summed E-state index contributed by atoms with van der Waals surface area (Å²) >= 11 is 0. The van der Waals surface area contributed by atoms with Crippen LogP contribution in [0.1, 0.15) is 266 Å². The summed E-state index contributed by atoms with van der Waals surface area (Å²) < 4.78 is 38.1. The van der Waals surface area contributed by atoms with E-state index in [1.54, 1.807) is 0 Å². The van der Waals surface area contributed by atoms with Gasteiger partial charge < -0.3 is 43.4 Å². The fourth-order valence-electron chi connectivity index (χ4n) is 8.92. The van der Waals surface area contributed by atoms with Crippen LogP contribution in [0, 0.1) is 11.8 Å². The molecule has 0 spiro atoms. The summed E-state index contributed by atoms with van der Waals surface area (Å²) in [5, 5.41) is 3.43. The number of carbonyl (C=O) groups excluding carboxylic acids is 4. The highest BCUT2D eigenvalue weighted by Gasteiger charge is 2.14. The van der Waals surface area contributed by atoms with E-state index in [-0.39, 0.29) is 23.9 Å². The molecule has 0 rings (SSSR count). The highest BCUT2D eigenvalue weighted by Crippen LogP contribution is 2.20. The summed E-state index contributed by atoms with van der Waals surface area (Å²) in [7, 11) is 2.86. The molecule has 0 aliphatic rings. The fourth-order valence-corrected chi connectivity index (χ4v) is 8.92. The number of carbonyl (C=O) groups is 4. The first-order valence-corrected chi connectivity index (χ1v) is 31.3. The van der Waals surface area contributed by atoms with Gasteiger partial charge >= 0.3 is 23.9 Å². The quantitative estimate of drug-likeness (QED) is 0.0350. The fraction of sp³-hybridized carbons (Fsp3) is 0.935. The number of methoxy groups -OCH3 is 2. The summed E-state index contributed by atoms with van der Waals surface area (Å²) in [4.78, 5) is 49.5. The van der Waals surface area contributed by atoms with Gasteiger partial charge in [0, 0.05) is 45.4 Å². The maximum Gasteiger partial charge on any atom is 0.305 e. The first-order chi connectivity index (χ1) is 36.7. The van der Waals surface area contributed by atoms with Crippen molar-refractivity contribution in [2.75, 3.05) is 99.8 Å². The van der Waals surface area contributed by atoms with E-state index >= 15 is 0 Å². The molecular formula is C62H122N2O11. The highest BCUT2D eigenvalue weighted by atomic mass is 16.5. The average molecular weight is 1070 g/mol. The van der Waals surface area contributed by atoms with Crippen molar-refractivity contribution in [3.63, 3.8) is 0 Å². The first kappa shape index (κ1) is 74.8. The van der Waals surface area contributed by atoms with Crippen molar-refractivity contribution in [3.8, 4) is 0 Å². The van der Waals surface area contributed by atoms with Gasteiger partial charge in [0.2, 0.25) is 0 Å². The van der Waals surface area contributed by atoms with E-state index in [9.17, 15) is 19.2 Å². The molecular weight excluding hydrogens is 949 g/mol. The molecule has 0 radical (unpaired) electrons. The molecule has 0 saturated carbocycles. The molecule has 2 unspecified atom stereocenters. The third kappa shape index (κ3) is 59.2. The Bertz CT molecular complexity index is 1210. The second-order valence-corrected chi connectivity index (χ2v) is 21.0. The average Bonchev–Trinajstić information content (AvgIpc) is 3.41. The van der Waals surface area contributed by atoms with Gasteiger partial charge in [0.25, 0.3) is 0 Å². The summed E-state index contributed by atoms with van der Waals surface area (Å²) in [5.74, 6) is 0.708. The predicted octanol–water partition coefficient (Wildman–Crippen LogP) is 14.7. The van der Waals surface area contributed by atoms with Crippen LogP contribution in [0.15, 0.2) is 0 Å². The van der Waals surface area contributed by atoms with E-state index in [0.717, 1.165) is 135 Å². The smallest absolute Gasteiger partial charge is 0.305 e. The number of ether oxygens (including phenoxy) is 7. The standard InChI is InChI=1S/C55H108N2O9.C7H14O2/c1-6-10-14-16-17-22-34-52(32-13-9-4)50-66-55(60)37-25-20-28-41-57(40-27-19-24-36-54(59)65-49-51(31-12-8-3)33-21-15-11-7-2)42-30-44-63-46-48-64-47-45-62-43-29-39-56-38-26-18-23-35-53(58)61-5;1-3-4-5-6-7(8)9-2/h51-52,56H,6-50H2,1-5H3;3-6H2,1-2H3. The summed E-state index contributed by atoms with van der Waals surface area (Å²) in [6.45, 7) is 20.8. The van der Waals surface area contributed by atoms with Gasteiger partial charge in [-0.3, -0.25) is 19.2 Å². The second kappa shape index (κ2) is 62.5. The summed E-state index contributed by atoms with van der Waals surface area (Å²) in [6, 6.07) is 0. The Morgan fingerprint density at radius 1 is 0.347 bits per heavy atom. The molecule has 0 aromatic carbocycles. The van der Waals surface area contributed by atoms with Gasteiger partial charge in [-0.05, 0) is 121 Å². The Morgan fingerprint density at radius 2 is 0.680 bits per heavy atom. The zero-order chi connectivity index (χ0) is 55.3. The van der Waals surface area contributed by atoms with Gasteiger partial charge in [0.05, 0.1) is 53.9 Å². The van der Waals surface area contributed by atoms with E-state index in [0.29, 0.717) is 90.4 Å². The van der Waals surface area contributed by atoms with Gasteiger partial charge in [-0.25, -0.2) is 0 Å². The molecule has 0 heterocycles. The van der Waals surface area contributed by atoms with Crippen molar-refractivity contribution in [2.24, 2.45) is 11.8 Å². The normalized spacial score (nSPS) is 12.1. The largest absolute Gasteiger partial charge is 0.469 e. The molecule has 1 N–H and O–H groups in total. The van der Waals surface area contributed by atoms with E-state index in [1.165, 1.54) is 117 Å².